The van der Waals surface area contributed by atoms with Crippen LogP contribution in [-0.2, 0) is 17.8 Å². The topological polar surface area (TPSA) is 73.6 Å². The van der Waals surface area contributed by atoms with Gasteiger partial charge >= 0.3 is 0 Å². The number of anilines is 2. The van der Waals surface area contributed by atoms with Crippen molar-refractivity contribution in [2.24, 2.45) is 0 Å². The van der Waals surface area contributed by atoms with Crippen LogP contribution in [0.3, 0.4) is 0 Å². The van der Waals surface area contributed by atoms with Crippen LogP contribution < -0.4 is 20.5 Å². The Morgan fingerprint density at radius 3 is 2.47 bits per heavy atom. The van der Waals surface area contributed by atoms with Crippen molar-refractivity contribution in [3.05, 3.63) is 99.6 Å². The summed E-state index contributed by atoms with van der Waals surface area (Å²) in [4.78, 5) is 12.6. The molecule has 0 radical (unpaired) electrons. The van der Waals surface area contributed by atoms with Gasteiger partial charge in [0.05, 0.1) is 18.5 Å². The molecule has 176 valence electrons. The fourth-order valence-corrected chi connectivity index (χ4v) is 3.57. The molecule has 3 aromatic rings. The van der Waals surface area contributed by atoms with Gasteiger partial charge in [0.1, 0.15) is 18.1 Å². The van der Waals surface area contributed by atoms with Crippen molar-refractivity contribution in [1.82, 2.24) is 0 Å². The first-order valence-corrected chi connectivity index (χ1v) is 11.7. The molecule has 6 heteroatoms. The summed E-state index contributed by atoms with van der Waals surface area (Å²) in [6.45, 7) is 4.49. The van der Waals surface area contributed by atoms with E-state index in [2.05, 4.69) is 41.2 Å². The van der Waals surface area contributed by atoms with E-state index < -0.39 is 0 Å². The molecule has 0 aliphatic carbocycles. The predicted molar refractivity (Wildman–Crippen MR) is 143 cm³/mol. The second-order valence-electron chi connectivity index (χ2n) is 7.98. The van der Waals surface area contributed by atoms with Gasteiger partial charge in [0, 0.05) is 21.7 Å². The van der Waals surface area contributed by atoms with Crippen molar-refractivity contribution in [3.63, 3.8) is 0 Å². The van der Waals surface area contributed by atoms with Gasteiger partial charge in [0.25, 0.3) is 0 Å². The lowest BCUT2D eigenvalue weighted by atomic mass is 10.0. The van der Waals surface area contributed by atoms with Crippen molar-refractivity contribution >= 4 is 39.3 Å². The quantitative estimate of drug-likeness (QED) is 0.185. The molecule has 0 spiro atoms. The third kappa shape index (κ3) is 6.99. The second kappa shape index (κ2) is 12.1. The van der Waals surface area contributed by atoms with Gasteiger partial charge in [-0.3, -0.25) is 4.79 Å². The minimum Gasteiger partial charge on any atom is -0.496 e. The Morgan fingerprint density at radius 2 is 1.79 bits per heavy atom. The lowest BCUT2D eigenvalue weighted by Crippen LogP contribution is -2.09. The van der Waals surface area contributed by atoms with Crippen LogP contribution in [0, 0.1) is 0 Å². The lowest BCUT2D eigenvalue weighted by Gasteiger charge is -2.17. The number of halogens is 1. The number of rotatable bonds is 9. The largest absolute Gasteiger partial charge is 0.496 e. The van der Waals surface area contributed by atoms with E-state index >= 15 is 0 Å². The summed E-state index contributed by atoms with van der Waals surface area (Å²) in [7, 11) is 1.65. The van der Waals surface area contributed by atoms with E-state index in [1.54, 1.807) is 25.3 Å². The molecule has 5 nitrogen and oxygen atoms in total. The van der Waals surface area contributed by atoms with Gasteiger partial charge in [-0.1, -0.05) is 51.8 Å². The molecule has 0 saturated carbocycles. The highest BCUT2D eigenvalue weighted by Gasteiger charge is 2.15. The molecule has 3 N–H and O–H groups in total. The highest BCUT2D eigenvalue weighted by molar-refractivity contribution is 9.10. The molecular weight excluding hydrogens is 492 g/mol. The molecule has 0 unspecified atom stereocenters. The van der Waals surface area contributed by atoms with Gasteiger partial charge in [-0.25, -0.2) is 0 Å². The number of ether oxygens (including phenoxy) is 2. The highest BCUT2D eigenvalue weighted by Crippen LogP contribution is 2.35. The number of allylic oxidation sites excluding steroid dienone is 2. The van der Waals surface area contributed by atoms with Crippen molar-refractivity contribution in [3.8, 4) is 11.5 Å². The van der Waals surface area contributed by atoms with Gasteiger partial charge in [0.2, 0.25) is 5.91 Å². The van der Waals surface area contributed by atoms with Gasteiger partial charge in [-0.15, -0.1) is 0 Å². The third-order valence-corrected chi connectivity index (χ3v) is 5.64. The fourth-order valence-electron chi connectivity index (χ4n) is 3.31. The maximum Gasteiger partial charge on any atom is 0.248 e. The Hall–Kier alpha value is -3.51. The normalized spacial score (nSPS) is 10.7. The molecule has 0 fully saturated rings. The zero-order valence-electron chi connectivity index (χ0n) is 19.6. The molecule has 0 saturated heterocycles. The van der Waals surface area contributed by atoms with Crippen LogP contribution in [-0.4, -0.2) is 13.0 Å². The molecular formula is C28H29BrN2O3. The predicted octanol–water partition coefficient (Wildman–Crippen LogP) is 6.78. The number of carbonyl (C=O) groups is 1. The van der Waals surface area contributed by atoms with Gasteiger partial charge < -0.3 is 20.5 Å². The molecule has 0 aromatic heterocycles. The van der Waals surface area contributed by atoms with E-state index in [0.717, 1.165) is 26.9 Å². The number of nitrogens with two attached hydrogens (primary N) is 1. The molecule has 0 aliphatic heterocycles. The lowest BCUT2D eigenvalue weighted by molar-refractivity contribution is -0.111. The summed E-state index contributed by atoms with van der Waals surface area (Å²) in [5, 5.41) is 2.81. The van der Waals surface area contributed by atoms with E-state index in [4.69, 9.17) is 15.2 Å². The van der Waals surface area contributed by atoms with Crippen LogP contribution in [0.1, 0.15) is 30.5 Å². The van der Waals surface area contributed by atoms with Crippen LogP contribution in [0.5, 0.6) is 11.5 Å². The average molecular weight is 521 g/mol. The zero-order valence-corrected chi connectivity index (χ0v) is 21.2. The summed E-state index contributed by atoms with van der Waals surface area (Å²) in [5.41, 5.74) is 11.0. The molecule has 0 bridgehead atoms. The van der Waals surface area contributed by atoms with E-state index in [1.807, 2.05) is 48.5 Å². The van der Waals surface area contributed by atoms with E-state index in [-0.39, 0.29) is 5.91 Å². The van der Waals surface area contributed by atoms with Gasteiger partial charge in [-0.2, -0.15) is 0 Å². The highest BCUT2D eigenvalue weighted by atomic mass is 79.9. The average Bonchev–Trinajstić information content (AvgIpc) is 2.82. The Morgan fingerprint density at radius 1 is 1.06 bits per heavy atom. The summed E-state index contributed by atoms with van der Waals surface area (Å²) in [6, 6.07) is 18.9. The Bertz CT molecular complexity index is 1200. The van der Waals surface area contributed by atoms with Crippen molar-refractivity contribution in [2.75, 3.05) is 18.2 Å². The van der Waals surface area contributed by atoms with E-state index in [0.29, 0.717) is 30.2 Å². The Kier molecular flexibility index (Phi) is 8.93. The number of methoxy groups -OCH3 is 1. The van der Waals surface area contributed by atoms with Gasteiger partial charge in [0.15, 0.2) is 0 Å². The summed E-state index contributed by atoms with van der Waals surface area (Å²) in [6.07, 6.45) is 6.00. The summed E-state index contributed by atoms with van der Waals surface area (Å²) < 4.78 is 12.9. The molecule has 1 amide bonds. The van der Waals surface area contributed by atoms with Crippen LogP contribution in [0.25, 0.3) is 6.08 Å². The standard InChI is InChI=1S/C28H29BrN2O3/c1-19(2)8-15-23-26(33-3)16-11-21(28(23)34-18-20-9-13-22(29)14-10-20)12-17-27(32)31-25-7-5-4-6-24(25)30/h4-14,16-17H,15,18,30H2,1-3H3,(H,31,32)/b17-12+. The number of hydrogen-bond acceptors (Lipinski definition) is 4. The molecule has 0 atom stereocenters. The van der Waals surface area contributed by atoms with Crippen molar-refractivity contribution in [2.45, 2.75) is 26.9 Å². The molecule has 0 heterocycles. The summed E-state index contributed by atoms with van der Waals surface area (Å²) >= 11 is 3.46. The van der Waals surface area contributed by atoms with Crippen LogP contribution in [0.4, 0.5) is 11.4 Å². The first kappa shape index (κ1) is 25.1. The molecule has 34 heavy (non-hydrogen) atoms. The maximum absolute atomic E-state index is 12.6. The molecule has 3 rings (SSSR count). The fraction of sp³-hybridized carbons (Fsp3) is 0.179. The number of hydrogen-bond donors (Lipinski definition) is 2. The first-order chi connectivity index (χ1) is 16.4. The number of nitrogen functional groups attached to an aromatic ring is 1. The maximum atomic E-state index is 12.6. The van der Waals surface area contributed by atoms with E-state index in [9.17, 15) is 4.79 Å². The Labute approximate surface area is 209 Å². The second-order valence-corrected chi connectivity index (χ2v) is 8.89. The summed E-state index contributed by atoms with van der Waals surface area (Å²) in [5.74, 6) is 1.14. The number of amides is 1. The third-order valence-electron chi connectivity index (χ3n) is 5.11. The SMILES string of the molecule is COc1ccc(/C=C/C(=O)Nc2ccccc2N)c(OCc2ccc(Br)cc2)c1CC=C(C)C. The van der Waals surface area contributed by atoms with Crippen LogP contribution >= 0.6 is 15.9 Å². The minimum atomic E-state index is -0.279. The monoisotopic (exact) mass is 520 g/mol. The number of nitrogens with one attached hydrogen (secondary N) is 1. The molecule has 3 aromatic carbocycles. The van der Waals surface area contributed by atoms with Crippen LogP contribution in [0.15, 0.2) is 82.9 Å². The van der Waals surface area contributed by atoms with Crippen LogP contribution in [0.2, 0.25) is 0 Å². The van der Waals surface area contributed by atoms with E-state index in [1.165, 1.54) is 11.6 Å². The first-order valence-electron chi connectivity index (χ1n) is 10.9. The van der Waals surface area contributed by atoms with Crippen molar-refractivity contribution < 1.29 is 14.3 Å². The minimum absolute atomic E-state index is 0.279. The number of carbonyl (C=O) groups excluding carboxylic acids is 1. The zero-order chi connectivity index (χ0) is 24.5. The molecule has 0 aliphatic rings. The van der Waals surface area contributed by atoms with Gasteiger partial charge in [-0.05, 0) is 68.3 Å². The van der Waals surface area contributed by atoms with Crippen molar-refractivity contribution in [1.29, 1.82) is 0 Å². The number of para-hydroxylation sites is 2. The number of benzene rings is 3. The Balaban J connectivity index is 1.92. The smallest absolute Gasteiger partial charge is 0.248 e.